The molecule has 1 N–H and O–H groups in total. The summed E-state index contributed by atoms with van der Waals surface area (Å²) in [4.78, 5) is 9.19. The highest BCUT2D eigenvalue weighted by atomic mass is 32.1. The first kappa shape index (κ1) is 12.8. The molecule has 18 heavy (non-hydrogen) atoms. The molecule has 0 saturated heterocycles. The molecular weight excluding hydrogens is 240 g/mol. The van der Waals surface area contributed by atoms with Crippen molar-refractivity contribution in [3.8, 4) is 10.6 Å². The van der Waals surface area contributed by atoms with E-state index in [0.717, 1.165) is 17.7 Å². The van der Waals surface area contributed by atoms with E-state index in [0.29, 0.717) is 0 Å². The van der Waals surface area contributed by atoms with E-state index in [1.807, 2.05) is 13.8 Å². The van der Waals surface area contributed by atoms with Crippen molar-refractivity contribution in [1.82, 2.24) is 4.98 Å². The van der Waals surface area contributed by atoms with Gasteiger partial charge in [-0.15, -0.1) is 11.3 Å². The molecular formula is C15H18N2S. The summed E-state index contributed by atoms with van der Waals surface area (Å²) in [7, 11) is 0. The number of thiophene rings is 1. The van der Waals surface area contributed by atoms with Crippen molar-refractivity contribution in [2.75, 3.05) is 6.54 Å². The van der Waals surface area contributed by atoms with E-state index in [9.17, 15) is 0 Å². The first-order valence-corrected chi connectivity index (χ1v) is 7.16. The molecule has 0 fully saturated rings. The summed E-state index contributed by atoms with van der Waals surface area (Å²) >= 11 is 1.74. The maximum atomic E-state index is 4.55. The maximum Gasteiger partial charge on any atom is 0.133 e. The Bertz CT molecular complexity index is 645. The third-order valence-electron chi connectivity index (χ3n) is 2.65. The van der Waals surface area contributed by atoms with E-state index in [4.69, 9.17) is 0 Å². The largest absolute Gasteiger partial charge is 0.339 e. The molecule has 0 spiro atoms. The molecule has 1 aliphatic rings. The van der Waals surface area contributed by atoms with Crippen LogP contribution in [0.1, 0.15) is 20.8 Å². The Labute approximate surface area is 111 Å². The lowest BCUT2D eigenvalue weighted by Crippen LogP contribution is -2.21. The van der Waals surface area contributed by atoms with Gasteiger partial charge in [-0.2, -0.15) is 0 Å². The zero-order valence-electron chi connectivity index (χ0n) is 11.0. The van der Waals surface area contributed by atoms with Crippen LogP contribution < -0.4 is 10.7 Å². The zero-order chi connectivity index (χ0) is 13.0. The van der Waals surface area contributed by atoms with E-state index in [1.54, 1.807) is 11.3 Å². The number of rotatable bonds is 1. The Morgan fingerprint density at radius 2 is 2.11 bits per heavy atom. The molecule has 3 rings (SSSR count). The summed E-state index contributed by atoms with van der Waals surface area (Å²) in [6.07, 6.45) is 4.27. The lowest BCUT2D eigenvalue weighted by molar-refractivity contribution is 1.03. The number of H-pyrrole nitrogens is 1. The zero-order valence-corrected chi connectivity index (χ0v) is 11.8. The summed E-state index contributed by atoms with van der Waals surface area (Å²) in [5.74, 6) is 0. The Morgan fingerprint density at radius 1 is 1.28 bits per heavy atom. The molecule has 2 aromatic heterocycles. The fourth-order valence-electron chi connectivity index (χ4n) is 1.77. The second kappa shape index (κ2) is 5.83. The average Bonchev–Trinajstić information content (AvgIpc) is 3.03. The van der Waals surface area contributed by atoms with Crippen molar-refractivity contribution < 1.29 is 0 Å². The predicted octanol–water partition coefficient (Wildman–Crippen LogP) is 3.13. The van der Waals surface area contributed by atoms with Gasteiger partial charge in [0, 0.05) is 5.22 Å². The molecule has 1 aliphatic heterocycles. The second-order valence-corrected chi connectivity index (χ2v) is 4.91. The van der Waals surface area contributed by atoms with Gasteiger partial charge >= 0.3 is 0 Å². The van der Waals surface area contributed by atoms with Crippen LogP contribution in [0.3, 0.4) is 0 Å². The minimum absolute atomic E-state index is 0.786. The van der Waals surface area contributed by atoms with Crippen LogP contribution in [-0.4, -0.2) is 11.5 Å². The molecule has 2 nitrogen and oxygen atoms in total. The van der Waals surface area contributed by atoms with Crippen molar-refractivity contribution in [2.45, 2.75) is 20.8 Å². The number of hydrogen-bond acceptors (Lipinski definition) is 2. The molecule has 0 amide bonds. The third-order valence-corrected chi connectivity index (χ3v) is 3.55. The topological polar surface area (TPSA) is 28.1 Å². The summed E-state index contributed by atoms with van der Waals surface area (Å²) < 4.78 is 0. The van der Waals surface area contributed by atoms with Gasteiger partial charge in [0.05, 0.1) is 17.1 Å². The van der Waals surface area contributed by atoms with Gasteiger partial charge in [-0.1, -0.05) is 37.6 Å². The highest BCUT2D eigenvalue weighted by Crippen LogP contribution is 2.20. The van der Waals surface area contributed by atoms with Gasteiger partial charge in [-0.25, -0.2) is 0 Å². The van der Waals surface area contributed by atoms with Gasteiger partial charge in [-0.3, -0.25) is 4.99 Å². The Morgan fingerprint density at radius 3 is 2.83 bits per heavy atom. The summed E-state index contributed by atoms with van der Waals surface area (Å²) in [5.41, 5.74) is 3.45. The van der Waals surface area contributed by atoms with Crippen molar-refractivity contribution >= 4 is 17.4 Å². The van der Waals surface area contributed by atoms with Crippen molar-refractivity contribution in [1.29, 1.82) is 0 Å². The van der Waals surface area contributed by atoms with Gasteiger partial charge in [-0.05, 0) is 24.4 Å². The molecule has 0 radical (unpaired) electrons. The van der Waals surface area contributed by atoms with Crippen molar-refractivity contribution in [3.05, 3.63) is 45.9 Å². The Balaban J connectivity index is 0.000000574. The van der Waals surface area contributed by atoms with Gasteiger partial charge < -0.3 is 4.98 Å². The number of hydrogen-bond donors (Lipinski definition) is 1. The van der Waals surface area contributed by atoms with Crippen LogP contribution in [-0.2, 0) is 0 Å². The SMILES string of the molecule is CC.CC1=CC=c2cc(-c3cccs3)[nH]c2=NC1. The van der Waals surface area contributed by atoms with Gasteiger partial charge in [0.2, 0.25) is 0 Å². The summed E-state index contributed by atoms with van der Waals surface area (Å²) in [5, 5.41) is 3.27. The number of fused-ring (bicyclic) bond motifs is 1. The molecule has 0 bridgehead atoms. The quantitative estimate of drug-likeness (QED) is 0.814. The molecule has 2 aromatic rings. The first-order chi connectivity index (χ1) is 8.83. The van der Waals surface area contributed by atoms with Gasteiger partial charge in [0.15, 0.2) is 0 Å². The Kier molecular flexibility index (Phi) is 4.15. The fourth-order valence-corrected chi connectivity index (χ4v) is 2.47. The predicted molar refractivity (Wildman–Crippen MR) is 79.3 cm³/mol. The van der Waals surface area contributed by atoms with Crippen LogP contribution in [0.5, 0.6) is 0 Å². The van der Waals surface area contributed by atoms with E-state index < -0.39 is 0 Å². The molecule has 0 saturated carbocycles. The average molecular weight is 258 g/mol. The minimum atomic E-state index is 0.786. The molecule has 3 heterocycles. The molecule has 3 heteroatoms. The standard InChI is InChI=1S/C13H12N2S.C2H6/c1-9-4-5-10-7-11(12-3-2-6-16-12)15-13(10)14-8-9;1-2/h2-7H,8H2,1H3,(H,14,15);1-2H3. The molecule has 0 atom stereocenters. The lowest BCUT2D eigenvalue weighted by atomic mass is 10.2. The van der Waals surface area contributed by atoms with E-state index in [-0.39, 0.29) is 0 Å². The molecule has 0 aliphatic carbocycles. The second-order valence-electron chi connectivity index (χ2n) is 3.96. The van der Waals surface area contributed by atoms with E-state index in [2.05, 4.69) is 52.6 Å². The van der Waals surface area contributed by atoms with Crippen molar-refractivity contribution in [3.63, 3.8) is 0 Å². The van der Waals surface area contributed by atoms with E-state index in [1.165, 1.54) is 15.7 Å². The number of aromatic nitrogens is 1. The van der Waals surface area contributed by atoms with Crippen LogP contribution in [0.2, 0.25) is 0 Å². The minimum Gasteiger partial charge on any atom is -0.339 e. The van der Waals surface area contributed by atoms with Crippen LogP contribution in [0, 0.1) is 0 Å². The normalized spacial score (nSPS) is 13.2. The van der Waals surface area contributed by atoms with E-state index >= 15 is 0 Å². The third kappa shape index (κ3) is 2.62. The monoisotopic (exact) mass is 258 g/mol. The van der Waals surface area contributed by atoms with Gasteiger partial charge in [0.25, 0.3) is 0 Å². The molecule has 0 unspecified atom stereocenters. The van der Waals surface area contributed by atoms with Crippen LogP contribution in [0.4, 0.5) is 0 Å². The molecule has 94 valence electrons. The summed E-state index contributed by atoms with van der Waals surface area (Å²) in [6, 6.07) is 6.35. The van der Waals surface area contributed by atoms with Crippen molar-refractivity contribution in [2.24, 2.45) is 4.99 Å². The smallest absolute Gasteiger partial charge is 0.133 e. The molecule has 0 aromatic carbocycles. The maximum absolute atomic E-state index is 4.55. The number of allylic oxidation sites excluding steroid dienone is 1. The van der Waals surface area contributed by atoms with Crippen LogP contribution >= 0.6 is 11.3 Å². The highest BCUT2D eigenvalue weighted by molar-refractivity contribution is 7.13. The first-order valence-electron chi connectivity index (χ1n) is 6.28. The Hall–Kier alpha value is -1.61. The number of aromatic amines is 1. The lowest BCUT2D eigenvalue weighted by Gasteiger charge is -1.90. The highest BCUT2D eigenvalue weighted by Gasteiger charge is 2.03. The summed E-state index contributed by atoms with van der Waals surface area (Å²) in [6.45, 7) is 6.89. The van der Waals surface area contributed by atoms with Gasteiger partial charge in [0.1, 0.15) is 5.49 Å². The van der Waals surface area contributed by atoms with Crippen LogP contribution in [0.25, 0.3) is 16.6 Å². The fraction of sp³-hybridized carbons (Fsp3) is 0.267. The van der Waals surface area contributed by atoms with Crippen LogP contribution in [0.15, 0.2) is 40.2 Å². The number of nitrogens with zero attached hydrogens (tertiary/aromatic N) is 1. The number of nitrogens with one attached hydrogen (secondary N) is 1.